The van der Waals surface area contributed by atoms with Crippen LogP contribution in [0.1, 0.15) is 29.9 Å². The van der Waals surface area contributed by atoms with Crippen molar-refractivity contribution in [3.8, 4) is 5.69 Å². The van der Waals surface area contributed by atoms with Crippen molar-refractivity contribution in [2.45, 2.75) is 26.8 Å². The topological polar surface area (TPSA) is 43.8 Å². The highest BCUT2D eigenvalue weighted by atomic mass is 19.1. The molecule has 0 aliphatic rings. The molecule has 1 aromatic heterocycles. The molecule has 4 heteroatoms. The zero-order valence-electron chi connectivity index (χ0n) is 10.2. The maximum Gasteiger partial charge on any atom is 0.126 e. The summed E-state index contributed by atoms with van der Waals surface area (Å²) < 4.78 is 15.5. The maximum absolute atomic E-state index is 13.6. The van der Waals surface area contributed by atoms with Crippen LogP contribution in [0.2, 0.25) is 0 Å². The molecule has 2 rings (SSSR count). The van der Waals surface area contributed by atoms with Gasteiger partial charge in [-0.3, -0.25) is 0 Å². The summed E-state index contributed by atoms with van der Waals surface area (Å²) in [5.41, 5.74) is 8.18. The van der Waals surface area contributed by atoms with E-state index in [0.717, 1.165) is 17.1 Å². The molecule has 2 N–H and O–H groups in total. The minimum atomic E-state index is -0.223. The summed E-state index contributed by atoms with van der Waals surface area (Å²) in [4.78, 5) is 4.17. The van der Waals surface area contributed by atoms with Crippen molar-refractivity contribution in [2.75, 3.05) is 0 Å². The predicted octanol–water partition coefficient (Wildman–Crippen LogP) is 2.65. The molecule has 3 nitrogen and oxygen atoms in total. The van der Waals surface area contributed by atoms with Gasteiger partial charge in [-0.25, -0.2) is 9.37 Å². The fourth-order valence-corrected chi connectivity index (χ4v) is 1.89. The molecule has 0 radical (unpaired) electrons. The lowest BCUT2D eigenvalue weighted by Crippen LogP contribution is -2.11. The number of aryl methyl sites for hydroxylation is 2. The molecule has 0 aliphatic carbocycles. The van der Waals surface area contributed by atoms with Crippen molar-refractivity contribution in [1.82, 2.24) is 9.55 Å². The highest BCUT2D eigenvalue weighted by molar-refractivity contribution is 5.46. The first-order valence-electron chi connectivity index (χ1n) is 5.56. The quantitative estimate of drug-likeness (QED) is 0.866. The molecule has 0 saturated carbocycles. The Morgan fingerprint density at radius 3 is 2.59 bits per heavy atom. The highest BCUT2D eigenvalue weighted by Gasteiger charge is 2.13. The van der Waals surface area contributed by atoms with E-state index in [2.05, 4.69) is 4.98 Å². The fraction of sp³-hybridized carbons (Fsp3) is 0.308. The Morgan fingerprint density at radius 1 is 1.35 bits per heavy atom. The van der Waals surface area contributed by atoms with Gasteiger partial charge in [0.05, 0.1) is 5.69 Å². The second kappa shape index (κ2) is 4.30. The van der Waals surface area contributed by atoms with E-state index in [4.69, 9.17) is 5.73 Å². The summed E-state index contributed by atoms with van der Waals surface area (Å²) in [5.74, 6) is 0.636. The lowest BCUT2D eigenvalue weighted by atomic mass is 10.0. The van der Waals surface area contributed by atoms with Crippen LogP contribution >= 0.6 is 0 Å². The molecular weight excluding hydrogens is 217 g/mol. The Labute approximate surface area is 100 Å². The first-order chi connectivity index (χ1) is 8.00. The molecule has 0 bridgehead atoms. The first-order valence-corrected chi connectivity index (χ1v) is 5.56. The van der Waals surface area contributed by atoms with Crippen molar-refractivity contribution < 1.29 is 4.39 Å². The Bertz CT molecular complexity index is 544. The summed E-state index contributed by atoms with van der Waals surface area (Å²) in [6, 6.07) is 3.10. The van der Waals surface area contributed by atoms with Gasteiger partial charge in [0, 0.05) is 18.4 Å². The van der Waals surface area contributed by atoms with Crippen molar-refractivity contribution in [3.63, 3.8) is 0 Å². The monoisotopic (exact) mass is 233 g/mol. The van der Waals surface area contributed by atoms with Crippen molar-refractivity contribution in [2.24, 2.45) is 5.73 Å². The van der Waals surface area contributed by atoms with Crippen LogP contribution in [0, 0.1) is 19.7 Å². The number of halogens is 1. The fourth-order valence-electron chi connectivity index (χ4n) is 1.89. The van der Waals surface area contributed by atoms with E-state index in [-0.39, 0.29) is 11.9 Å². The number of nitrogens with two attached hydrogens (primary N) is 1. The third kappa shape index (κ3) is 2.08. The van der Waals surface area contributed by atoms with Gasteiger partial charge in [-0.05, 0) is 44.0 Å². The largest absolute Gasteiger partial charge is 0.324 e. The Hall–Kier alpha value is -1.68. The van der Waals surface area contributed by atoms with E-state index in [9.17, 15) is 4.39 Å². The van der Waals surface area contributed by atoms with Crippen LogP contribution < -0.4 is 5.73 Å². The van der Waals surface area contributed by atoms with Gasteiger partial charge in [0.15, 0.2) is 0 Å². The first kappa shape index (κ1) is 11.8. The molecule has 1 unspecified atom stereocenters. The van der Waals surface area contributed by atoms with Crippen LogP contribution in [0.3, 0.4) is 0 Å². The number of rotatable bonds is 2. The number of benzene rings is 1. The van der Waals surface area contributed by atoms with Crippen molar-refractivity contribution in [1.29, 1.82) is 0 Å². The number of imidazole rings is 1. The minimum Gasteiger partial charge on any atom is -0.324 e. The molecule has 0 aliphatic heterocycles. The second-order valence-electron chi connectivity index (χ2n) is 4.29. The lowest BCUT2D eigenvalue weighted by molar-refractivity contribution is 0.612. The minimum absolute atomic E-state index is 0.220. The molecule has 0 fully saturated rings. The Kier molecular flexibility index (Phi) is 2.98. The molecule has 90 valence electrons. The average molecular weight is 233 g/mol. The van der Waals surface area contributed by atoms with E-state index >= 15 is 0 Å². The van der Waals surface area contributed by atoms with Gasteiger partial charge < -0.3 is 10.3 Å². The summed E-state index contributed by atoms with van der Waals surface area (Å²) in [7, 11) is 0. The molecule has 1 heterocycles. The normalized spacial score (nSPS) is 12.8. The standard InChI is InChI=1S/C13H16FN3/c1-8-6-13(17-5-4-16-10(17)3)11(9(2)15)7-12(8)14/h4-7,9H,15H2,1-3H3. The predicted molar refractivity (Wildman–Crippen MR) is 65.6 cm³/mol. The number of hydrogen-bond donors (Lipinski definition) is 1. The summed E-state index contributed by atoms with van der Waals surface area (Å²) in [6.45, 7) is 5.50. The van der Waals surface area contributed by atoms with Gasteiger partial charge in [0.1, 0.15) is 11.6 Å². The van der Waals surface area contributed by atoms with Gasteiger partial charge >= 0.3 is 0 Å². The molecule has 0 saturated heterocycles. The van der Waals surface area contributed by atoms with Gasteiger partial charge in [-0.15, -0.1) is 0 Å². The Morgan fingerprint density at radius 2 is 2.06 bits per heavy atom. The van der Waals surface area contributed by atoms with E-state index in [1.807, 2.05) is 30.7 Å². The van der Waals surface area contributed by atoms with E-state index in [1.54, 1.807) is 13.1 Å². The third-order valence-corrected chi connectivity index (χ3v) is 2.88. The molecular formula is C13H16FN3. The third-order valence-electron chi connectivity index (χ3n) is 2.88. The van der Waals surface area contributed by atoms with E-state index in [1.165, 1.54) is 6.07 Å². The van der Waals surface area contributed by atoms with Crippen LogP contribution in [0.25, 0.3) is 5.69 Å². The van der Waals surface area contributed by atoms with Crippen LogP contribution in [0.5, 0.6) is 0 Å². The van der Waals surface area contributed by atoms with Crippen molar-refractivity contribution >= 4 is 0 Å². The van der Waals surface area contributed by atoms with Crippen LogP contribution in [0.15, 0.2) is 24.5 Å². The molecule has 1 aromatic carbocycles. The average Bonchev–Trinajstić information content (AvgIpc) is 2.67. The van der Waals surface area contributed by atoms with Crippen LogP contribution in [0.4, 0.5) is 4.39 Å². The van der Waals surface area contributed by atoms with E-state index < -0.39 is 0 Å². The number of aromatic nitrogens is 2. The number of hydrogen-bond acceptors (Lipinski definition) is 2. The summed E-state index contributed by atoms with van der Waals surface area (Å²) in [6.07, 6.45) is 3.58. The second-order valence-corrected chi connectivity index (χ2v) is 4.29. The molecule has 0 amide bonds. The van der Waals surface area contributed by atoms with Crippen LogP contribution in [-0.2, 0) is 0 Å². The molecule has 17 heavy (non-hydrogen) atoms. The molecule has 1 atom stereocenters. The van der Waals surface area contributed by atoms with E-state index in [0.29, 0.717) is 5.56 Å². The molecule has 2 aromatic rings. The van der Waals surface area contributed by atoms with Gasteiger partial charge in [0.2, 0.25) is 0 Å². The highest BCUT2D eigenvalue weighted by Crippen LogP contribution is 2.24. The summed E-state index contributed by atoms with van der Waals surface area (Å²) in [5, 5.41) is 0. The lowest BCUT2D eigenvalue weighted by Gasteiger charge is -2.16. The Balaban J connectivity index is 2.68. The van der Waals surface area contributed by atoms with Gasteiger partial charge in [-0.2, -0.15) is 0 Å². The summed E-state index contributed by atoms with van der Waals surface area (Å²) >= 11 is 0. The van der Waals surface area contributed by atoms with Gasteiger partial charge in [-0.1, -0.05) is 0 Å². The maximum atomic E-state index is 13.6. The zero-order chi connectivity index (χ0) is 12.6. The SMILES string of the molecule is Cc1cc(-n2ccnc2C)c(C(C)N)cc1F. The molecule has 0 spiro atoms. The zero-order valence-corrected chi connectivity index (χ0v) is 10.2. The smallest absolute Gasteiger partial charge is 0.126 e. The van der Waals surface area contributed by atoms with Crippen molar-refractivity contribution in [3.05, 3.63) is 47.3 Å². The van der Waals surface area contributed by atoms with Gasteiger partial charge in [0.25, 0.3) is 0 Å². The van der Waals surface area contributed by atoms with Crippen LogP contribution in [-0.4, -0.2) is 9.55 Å². The number of nitrogens with zero attached hydrogens (tertiary/aromatic N) is 2.